The molecule has 19 heavy (non-hydrogen) atoms. The van der Waals surface area contributed by atoms with Gasteiger partial charge in [0, 0.05) is 31.7 Å². The zero-order valence-corrected chi connectivity index (χ0v) is 11.8. The van der Waals surface area contributed by atoms with Gasteiger partial charge in [-0.15, -0.1) is 0 Å². The minimum atomic E-state index is 0.519. The Kier molecular flexibility index (Phi) is 4.41. The molecule has 2 rings (SSSR count). The molecule has 0 saturated carbocycles. The highest BCUT2D eigenvalue weighted by Gasteiger charge is 2.24. The van der Waals surface area contributed by atoms with Gasteiger partial charge < -0.3 is 10.1 Å². The number of ether oxygens (including phenoxy) is 1. The Bertz CT molecular complexity index is 471. The largest absolute Gasteiger partial charge is 0.495 e. The van der Waals surface area contributed by atoms with Crippen LogP contribution in [0.5, 0.6) is 5.75 Å². The summed E-state index contributed by atoms with van der Waals surface area (Å²) >= 11 is 0. The summed E-state index contributed by atoms with van der Waals surface area (Å²) < 4.78 is 5.27. The maximum Gasteiger partial charge on any atom is 0.136 e. The van der Waals surface area contributed by atoms with Crippen molar-refractivity contribution in [3.63, 3.8) is 0 Å². The summed E-state index contributed by atoms with van der Waals surface area (Å²) in [7, 11) is 1.61. The molecule has 1 saturated heterocycles. The highest BCUT2D eigenvalue weighted by molar-refractivity contribution is 5.45. The van der Waals surface area contributed by atoms with Crippen LogP contribution in [-0.4, -0.2) is 37.2 Å². The molecular formula is C15H21N3O. The maximum atomic E-state index is 9.00. The van der Waals surface area contributed by atoms with Crippen molar-refractivity contribution in [1.29, 1.82) is 5.26 Å². The first-order chi connectivity index (χ1) is 9.15. The van der Waals surface area contributed by atoms with Crippen LogP contribution in [0.2, 0.25) is 0 Å². The molecule has 1 heterocycles. The van der Waals surface area contributed by atoms with Gasteiger partial charge >= 0.3 is 0 Å². The molecule has 0 radical (unpaired) electrons. The maximum absolute atomic E-state index is 9.00. The topological polar surface area (TPSA) is 48.3 Å². The standard InChI is InChI=1S/C15H21N3O/c1-11-8-17-9-12(2)18(11)10-13-4-5-14(7-16)15(6-13)19-3/h4-6,11-12,17H,8-10H2,1-3H3. The number of hydrogen-bond donors (Lipinski definition) is 1. The van der Waals surface area contributed by atoms with E-state index in [0.717, 1.165) is 19.6 Å². The number of nitrogens with zero attached hydrogens (tertiary/aromatic N) is 2. The molecule has 0 aliphatic carbocycles. The van der Waals surface area contributed by atoms with Gasteiger partial charge in [0.15, 0.2) is 0 Å². The van der Waals surface area contributed by atoms with Gasteiger partial charge in [-0.1, -0.05) is 6.07 Å². The molecule has 2 atom stereocenters. The molecule has 1 aromatic rings. The van der Waals surface area contributed by atoms with Crippen molar-refractivity contribution < 1.29 is 4.74 Å². The van der Waals surface area contributed by atoms with Crippen LogP contribution in [0.3, 0.4) is 0 Å². The van der Waals surface area contributed by atoms with Crippen molar-refractivity contribution in [2.75, 3.05) is 20.2 Å². The van der Waals surface area contributed by atoms with Gasteiger partial charge in [0.05, 0.1) is 12.7 Å². The van der Waals surface area contributed by atoms with E-state index < -0.39 is 0 Å². The number of nitriles is 1. The molecule has 1 N–H and O–H groups in total. The SMILES string of the molecule is COc1cc(CN2C(C)CNCC2C)ccc1C#N. The lowest BCUT2D eigenvalue weighted by Gasteiger charge is -2.39. The van der Waals surface area contributed by atoms with Crippen LogP contribution in [-0.2, 0) is 6.54 Å². The van der Waals surface area contributed by atoms with E-state index in [1.54, 1.807) is 7.11 Å². The number of hydrogen-bond acceptors (Lipinski definition) is 4. The molecular weight excluding hydrogens is 238 g/mol. The van der Waals surface area contributed by atoms with E-state index in [4.69, 9.17) is 10.00 Å². The molecule has 1 aliphatic rings. The predicted molar refractivity (Wildman–Crippen MR) is 75.0 cm³/mol. The van der Waals surface area contributed by atoms with Crippen molar-refractivity contribution in [3.8, 4) is 11.8 Å². The molecule has 1 fully saturated rings. The minimum absolute atomic E-state index is 0.519. The number of piperazine rings is 1. The van der Waals surface area contributed by atoms with Gasteiger partial charge in [0.1, 0.15) is 11.8 Å². The average molecular weight is 259 g/mol. The predicted octanol–water partition coefficient (Wildman–Crippen LogP) is 1.75. The summed E-state index contributed by atoms with van der Waals surface area (Å²) in [6, 6.07) is 9.01. The first kappa shape index (κ1) is 13.9. The minimum Gasteiger partial charge on any atom is -0.495 e. The molecule has 102 valence electrons. The lowest BCUT2D eigenvalue weighted by Crippen LogP contribution is -2.54. The van der Waals surface area contributed by atoms with Gasteiger partial charge in [0.2, 0.25) is 0 Å². The summed E-state index contributed by atoms with van der Waals surface area (Å²) in [4.78, 5) is 2.48. The summed E-state index contributed by atoms with van der Waals surface area (Å²) in [5.41, 5.74) is 1.78. The van der Waals surface area contributed by atoms with Crippen LogP contribution in [0.25, 0.3) is 0 Å². The van der Waals surface area contributed by atoms with E-state index in [-0.39, 0.29) is 0 Å². The number of nitrogens with one attached hydrogen (secondary N) is 1. The molecule has 2 unspecified atom stereocenters. The Morgan fingerprint density at radius 1 is 1.37 bits per heavy atom. The third-order valence-corrected chi connectivity index (χ3v) is 3.76. The molecule has 0 aromatic heterocycles. The monoisotopic (exact) mass is 259 g/mol. The molecule has 0 spiro atoms. The molecule has 4 nitrogen and oxygen atoms in total. The van der Waals surface area contributed by atoms with Crippen LogP contribution >= 0.6 is 0 Å². The second kappa shape index (κ2) is 6.05. The van der Waals surface area contributed by atoms with E-state index in [0.29, 0.717) is 23.4 Å². The smallest absolute Gasteiger partial charge is 0.136 e. The summed E-state index contributed by atoms with van der Waals surface area (Å²) in [6.45, 7) is 7.43. The third-order valence-electron chi connectivity index (χ3n) is 3.76. The number of rotatable bonds is 3. The first-order valence-electron chi connectivity index (χ1n) is 6.69. The third kappa shape index (κ3) is 3.06. The number of methoxy groups -OCH3 is 1. The van der Waals surface area contributed by atoms with Crippen molar-refractivity contribution in [3.05, 3.63) is 29.3 Å². The highest BCUT2D eigenvalue weighted by Crippen LogP contribution is 2.22. The van der Waals surface area contributed by atoms with Crippen molar-refractivity contribution in [2.45, 2.75) is 32.5 Å². The van der Waals surface area contributed by atoms with Gasteiger partial charge in [-0.2, -0.15) is 5.26 Å². The fraction of sp³-hybridized carbons (Fsp3) is 0.533. The Hall–Kier alpha value is -1.57. The zero-order chi connectivity index (χ0) is 13.8. The van der Waals surface area contributed by atoms with E-state index >= 15 is 0 Å². The van der Waals surface area contributed by atoms with Crippen LogP contribution in [0.1, 0.15) is 25.0 Å². The average Bonchev–Trinajstić information content (AvgIpc) is 2.42. The molecule has 4 heteroatoms. The van der Waals surface area contributed by atoms with Crippen LogP contribution in [0.4, 0.5) is 0 Å². The second-order valence-electron chi connectivity index (χ2n) is 5.18. The molecule has 0 bridgehead atoms. The number of benzene rings is 1. The van der Waals surface area contributed by atoms with E-state index in [1.165, 1.54) is 5.56 Å². The lowest BCUT2D eigenvalue weighted by atomic mass is 10.1. The summed E-state index contributed by atoms with van der Waals surface area (Å²) in [5.74, 6) is 0.662. The van der Waals surface area contributed by atoms with E-state index in [9.17, 15) is 0 Å². The summed E-state index contributed by atoms with van der Waals surface area (Å²) in [5, 5.41) is 12.4. The van der Waals surface area contributed by atoms with E-state index in [2.05, 4.69) is 30.1 Å². The fourth-order valence-electron chi connectivity index (χ4n) is 2.62. The highest BCUT2D eigenvalue weighted by atomic mass is 16.5. The van der Waals surface area contributed by atoms with Crippen molar-refractivity contribution >= 4 is 0 Å². The van der Waals surface area contributed by atoms with Crippen molar-refractivity contribution in [1.82, 2.24) is 10.2 Å². The Morgan fingerprint density at radius 3 is 2.63 bits per heavy atom. The Morgan fingerprint density at radius 2 is 2.05 bits per heavy atom. The summed E-state index contributed by atoms with van der Waals surface area (Å²) in [6.07, 6.45) is 0. The quantitative estimate of drug-likeness (QED) is 0.898. The van der Waals surface area contributed by atoms with Crippen LogP contribution in [0.15, 0.2) is 18.2 Å². The van der Waals surface area contributed by atoms with E-state index in [1.807, 2.05) is 18.2 Å². The molecule has 1 aromatic carbocycles. The second-order valence-corrected chi connectivity index (χ2v) is 5.18. The van der Waals surface area contributed by atoms with Crippen molar-refractivity contribution in [2.24, 2.45) is 0 Å². The van der Waals surface area contributed by atoms with Gasteiger partial charge in [-0.05, 0) is 31.5 Å². The first-order valence-corrected chi connectivity index (χ1v) is 6.69. The van der Waals surface area contributed by atoms with Gasteiger partial charge in [-0.25, -0.2) is 0 Å². The fourth-order valence-corrected chi connectivity index (χ4v) is 2.62. The Balaban J connectivity index is 2.16. The Labute approximate surface area is 115 Å². The van der Waals surface area contributed by atoms with Gasteiger partial charge in [-0.3, -0.25) is 4.90 Å². The van der Waals surface area contributed by atoms with Crippen LogP contribution in [0, 0.1) is 11.3 Å². The van der Waals surface area contributed by atoms with Gasteiger partial charge in [0.25, 0.3) is 0 Å². The zero-order valence-electron chi connectivity index (χ0n) is 11.8. The normalized spacial score (nSPS) is 23.9. The molecule has 0 amide bonds. The molecule has 1 aliphatic heterocycles. The lowest BCUT2D eigenvalue weighted by molar-refractivity contribution is 0.108. The van der Waals surface area contributed by atoms with Crippen LogP contribution < -0.4 is 10.1 Å².